The van der Waals surface area contributed by atoms with Crippen LogP contribution in [-0.4, -0.2) is 60.1 Å². The zero-order valence-corrected chi connectivity index (χ0v) is 15.9. The molecule has 4 rings (SSSR count). The molecule has 27 heavy (non-hydrogen) atoms. The summed E-state index contributed by atoms with van der Waals surface area (Å²) in [6.07, 6.45) is 1.77. The van der Waals surface area contributed by atoms with Crippen LogP contribution >= 0.6 is 0 Å². The summed E-state index contributed by atoms with van der Waals surface area (Å²) in [5, 5.41) is 1.06. The Bertz CT molecular complexity index is 886. The number of pyridine rings is 1. The first-order valence-electron chi connectivity index (χ1n) is 9.81. The number of nitrogens with one attached hydrogen (secondary N) is 1. The Morgan fingerprint density at radius 2 is 2.11 bits per heavy atom. The van der Waals surface area contributed by atoms with Crippen molar-refractivity contribution in [2.45, 2.75) is 26.3 Å². The fraction of sp³-hybridized carbons (Fsp3) is 0.524. The molecular formula is C21H27N3O3. The fourth-order valence-electron chi connectivity index (χ4n) is 4.06. The predicted octanol–water partition coefficient (Wildman–Crippen LogP) is 1.91. The van der Waals surface area contributed by atoms with Crippen LogP contribution in [-0.2, 0) is 16.1 Å². The summed E-state index contributed by atoms with van der Waals surface area (Å²) in [5.74, 6) is 0.261. The maximum Gasteiger partial charge on any atom is 0.252 e. The number of benzene rings is 1. The van der Waals surface area contributed by atoms with Crippen LogP contribution in [0.4, 0.5) is 0 Å². The monoisotopic (exact) mass is 369 g/mol. The lowest BCUT2D eigenvalue weighted by molar-refractivity contribution is -0.135. The Morgan fingerprint density at radius 1 is 1.22 bits per heavy atom. The van der Waals surface area contributed by atoms with Crippen molar-refractivity contribution in [2.24, 2.45) is 5.92 Å². The standard InChI is InChI=1S/C21H27N3O3/c1-15-3-4-16-12-18(20(25)22-19(16)11-15)13-23-6-2-7-24(9-8-23)21(26)17-5-10-27-14-17/h3-4,11-12,17H,2,5-10,13-14H2,1H3,(H,22,25). The van der Waals surface area contributed by atoms with Gasteiger partial charge in [-0.25, -0.2) is 0 Å². The number of aryl methyl sites for hydroxylation is 1. The van der Waals surface area contributed by atoms with E-state index < -0.39 is 0 Å². The molecule has 0 bridgehead atoms. The van der Waals surface area contributed by atoms with Crippen molar-refractivity contribution >= 4 is 16.8 Å². The number of hydrogen-bond donors (Lipinski definition) is 1. The molecule has 1 amide bonds. The summed E-state index contributed by atoms with van der Waals surface area (Å²) in [4.78, 5) is 32.4. The highest BCUT2D eigenvalue weighted by molar-refractivity contribution is 5.80. The van der Waals surface area contributed by atoms with Gasteiger partial charge in [0.25, 0.3) is 5.56 Å². The van der Waals surface area contributed by atoms with E-state index in [1.54, 1.807) is 0 Å². The first kappa shape index (κ1) is 18.2. The van der Waals surface area contributed by atoms with E-state index >= 15 is 0 Å². The second-order valence-electron chi connectivity index (χ2n) is 7.73. The van der Waals surface area contributed by atoms with E-state index in [-0.39, 0.29) is 17.4 Å². The van der Waals surface area contributed by atoms with Gasteiger partial charge in [0.2, 0.25) is 5.91 Å². The average Bonchev–Trinajstić information content (AvgIpc) is 3.09. The lowest BCUT2D eigenvalue weighted by atomic mass is 10.1. The van der Waals surface area contributed by atoms with Gasteiger partial charge in [0, 0.05) is 50.4 Å². The van der Waals surface area contributed by atoms with E-state index in [9.17, 15) is 9.59 Å². The quantitative estimate of drug-likeness (QED) is 0.898. The number of carbonyl (C=O) groups excluding carboxylic acids is 1. The molecule has 2 aliphatic heterocycles. The van der Waals surface area contributed by atoms with Gasteiger partial charge in [0.05, 0.1) is 12.5 Å². The number of nitrogens with zero attached hydrogens (tertiary/aromatic N) is 2. The summed E-state index contributed by atoms with van der Waals surface area (Å²) < 4.78 is 5.36. The molecule has 0 aliphatic carbocycles. The molecule has 6 nitrogen and oxygen atoms in total. The zero-order valence-electron chi connectivity index (χ0n) is 15.9. The van der Waals surface area contributed by atoms with E-state index in [0.717, 1.165) is 61.1 Å². The van der Waals surface area contributed by atoms with Crippen LogP contribution in [0.25, 0.3) is 10.9 Å². The molecule has 1 aromatic heterocycles. The summed E-state index contributed by atoms with van der Waals surface area (Å²) >= 11 is 0. The van der Waals surface area contributed by atoms with Gasteiger partial charge in [-0.05, 0) is 42.8 Å². The van der Waals surface area contributed by atoms with Gasteiger partial charge in [-0.2, -0.15) is 0 Å². The summed E-state index contributed by atoms with van der Waals surface area (Å²) in [6.45, 7) is 7.10. The van der Waals surface area contributed by atoms with Crippen LogP contribution in [0.15, 0.2) is 29.1 Å². The highest BCUT2D eigenvalue weighted by atomic mass is 16.5. The molecule has 1 atom stereocenters. The van der Waals surface area contributed by atoms with Gasteiger partial charge in [0.15, 0.2) is 0 Å². The smallest absolute Gasteiger partial charge is 0.252 e. The van der Waals surface area contributed by atoms with Crippen LogP contribution in [0.3, 0.4) is 0 Å². The molecule has 2 fully saturated rings. The van der Waals surface area contributed by atoms with Gasteiger partial charge in [-0.15, -0.1) is 0 Å². The highest BCUT2D eigenvalue weighted by Crippen LogP contribution is 2.18. The minimum Gasteiger partial charge on any atom is -0.381 e. The van der Waals surface area contributed by atoms with E-state index in [1.165, 1.54) is 0 Å². The Hall–Kier alpha value is -2.18. The van der Waals surface area contributed by atoms with Crippen molar-refractivity contribution < 1.29 is 9.53 Å². The third kappa shape index (κ3) is 4.06. The molecule has 1 unspecified atom stereocenters. The molecule has 1 aromatic carbocycles. The van der Waals surface area contributed by atoms with Crippen molar-refractivity contribution in [3.8, 4) is 0 Å². The highest BCUT2D eigenvalue weighted by Gasteiger charge is 2.29. The molecular weight excluding hydrogens is 342 g/mol. The molecule has 3 heterocycles. The number of fused-ring (bicyclic) bond motifs is 1. The maximum absolute atomic E-state index is 12.6. The Balaban J connectivity index is 1.43. The van der Waals surface area contributed by atoms with Crippen LogP contribution < -0.4 is 5.56 Å². The van der Waals surface area contributed by atoms with Crippen molar-refractivity contribution in [1.82, 2.24) is 14.8 Å². The number of aromatic amines is 1. The molecule has 0 radical (unpaired) electrons. The molecule has 0 spiro atoms. The van der Waals surface area contributed by atoms with Crippen molar-refractivity contribution in [1.29, 1.82) is 0 Å². The van der Waals surface area contributed by atoms with Gasteiger partial charge < -0.3 is 14.6 Å². The molecule has 144 valence electrons. The summed E-state index contributed by atoms with van der Waals surface area (Å²) in [5.41, 5.74) is 2.79. The third-order valence-electron chi connectivity index (χ3n) is 5.65. The largest absolute Gasteiger partial charge is 0.381 e. The van der Waals surface area contributed by atoms with Gasteiger partial charge in [-0.1, -0.05) is 12.1 Å². The normalized spacial score (nSPS) is 21.5. The van der Waals surface area contributed by atoms with E-state index in [1.807, 2.05) is 24.0 Å². The number of rotatable bonds is 3. The number of H-pyrrole nitrogens is 1. The lowest BCUT2D eigenvalue weighted by Gasteiger charge is -2.24. The van der Waals surface area contributed by atoms with E-state index in [0.29, 0.717) is 19.8 Å². The SMILES string of the molecule is Cc1ccc2cc(CN3CCCN(C(=O)C4CCOC4)CC3)c(=O)[nH]c2c1. The van der Waals surface area contributed by atoms with Crippen LogP contribution in [0.1, 0.15) is 24.0 Å². The topological polar surface area (TPSA) is 65.6 Å². The molecule has 2 aromatic rings. The molecule has 6 heteroatoms. The average molecular weight is 369 g/mol. The first-order valence-corrected chi connectivity index (χ1v) is 9.81. The van der Waals surface area contributed by atoms with Crippen molar-refractivity contribution in [3.05, 3.63) is 45.7 Å². The molecule has 2 saturated heterocycles. The molecule has 1 N–H and O–H groups in total. The van der Waals surface area contributed by atoms with Crippen molar-refractivity contribution in [3.63, 3.8) is 0 Å². The van der Waals surface area contributed by atoms with Crippen LogP contribution in [0, 0.1) is 12.8 Å². The number of ether oxygens (including phenoxy) is 1. The lowest BCUT2D eigenvalue weighted by Crippen LogP contribution is -2.39. The Labute approximate surface area is 159 Å². The fourth-order valence-corrected chi connectivity index (χ4v) is 4.06. The van der Waals surface area contributed by atoms with E-state index in [2.05, 4.69) is 22.0 Å². The second-order valence-corrected chi connectivity index (χ2v) is 7.73. The van der Waals surface area contributed by atoms with Gasteiger partial charge >= 0.3 is 0 Å². The summed E-state index contributed by atoms with van der Waals surface area (Å²) in [6, 6.07) is 8.11. The molecule has 0 saturated carbocycles. The van der Waals surface area contributed by atoms with Crippen LogP contribution in [0.2, 0.25) is 0 Å². The third-order valence-corrected chi connectivity index (χ3v) is 5.65. The minimum absolute atomic E-state index is 0.0200. The Morgan fingerprint density at radius 3 is 2.93 bits per heavy atom. The predicted molar refractivity (Wildman–Crippen MR) is 105 cm³/mol. The Kier molecular flexibility index (Phi) is 5.27. The molecule has 2 aliphatic rings. The van der Waals surface area contributed by atoms with Gasteiger partial charge in [0.1, 0.15) is 0 Å². The number of aromatic nitrogens is 1. The number of amides is 1. The van der Waals surface area contributed by atoms with Crippen LogP contribution in [0.5, 0.6) is 0 Å². The van der Waals surface area contributed by atoms with Crippen molar-refractivity contribution in [2.75, 3.05) is 39.4 Å². The van der Waals surface area contributed by atoms with E-state index in [4.69, 9.17) is 4.74 Å². The number of carbonyl (C=O) groups is 1. The summed E-state index contributed by atoms with van der Waals surface area (Å²) in [7, 11) is 0. The minimum atomic E-state index is -0.0200. The maximum atomic E-state index is 12.6. The first-order chi connectivity index (χ1) is 13.1. The number of hydrogen-bond acceptors (Lipinski definition) is 4. The second kappa shape index (κ2) is 7.82. The zero-order chi connectivity index (χ0) is 18.8. The van der Waals surface area contributed by atoms with Gasteiger partial charge in [-0.3, -0.25) is 14.5 Å².